The molecular weight excluding hydrogens is 144 g/mol. The van der Waals surface area contributed by atoms with E-state index in [0.29, 0.717) is 5.57 Å². The Kier molecular flexibility index (Phi) is 4.03. The molecule has 0 heterocycles. The van der Waals surface area contributed by atoms with E-state index in [1.54, 1.807) is 6.92 Å². The summed E-state index contributed by atoms with van der Waals surface area (Å²) in [6.07, 6.45) is 1.35. The van der Waals surface area contributed by atoms with Gasteiger partial charge in [-0.1, -0.05) is 6.58 Å². The lowest BCUT2D eigenvalue weighted by Crippen LogP contribution is -2.02. The number of carbonyl (C=O) groups is 1. The maximum Gasteiger partial charge on any atom is 0.381 e. The van der Waals surface area contributed by atoms with Gasteiger partial charge in [0.2, 0.25) is 0 Å². The average Bonchev–Trinajstić information content (AvgIpc) is 1.86. The molecule has 62 valence electrons. The average molecular weight is 156 g/mol. The summed E-state index contributed by atoms with van der Waals surface area (Å²) in [7, 11) is 0. The third-order valence-corrected chi connectivity index (χ3v) is 0.756. The number of hydrogen-bond acceptors (Lipinski definition) is 3. The summed E-state index contributed by atoms with van der Waals surface area (Å²) in [6, 6.07) is 0. The molecule has 0 bridgehead atoms. The maximum atomic E-state index is 10.6. The predicted octanol–water partition coefficient (Wildman–Crippen LogP) is 1.96. The molecule has 0 unspecified atom stereocenters. The molecule has 0 aliphatic carbocycles. The highest BCUT2D eigenvalue weighted by Gasteiger charge is 2.02. The van der Waals surface area contributed by atoms with Gasteiger partial charge in [0.05, 0.1) is 0 Å². The standard InChI is InChI=1S/C8H12O3/c1-6(2)5-10-11-8(9)7(3)4/h5H,3H2,1-2,4H3. The van der Waals surface area contributed by atoms with Gasteiger partial charge in [-0.3, -0.25) is 4.89 Å². The summed E-state index contributed by atoms with van der Waals surface area (Å²) in [5, 5.41) is 0. The lowest BCUT2D eigenvalue weighted by atomic mass is 10.4. The van der Waals surface area contributed by atoms with Crippen LogP contribution >= 0.6 is 0 Å². The highest BCUT2D eigenvalue weighted by Crippen LogP contribution is 1.95. The summed E-state index contributed by atoms with van der Waals surface area (Å²) in [6.45, 7) is 8.58. The van der Waals surface area contributed by atoms with Gasteiger partial charge in [-0.15, -0.1) is 0 Å². The van der Waals surface area contributed by atoms with Crippen LogP contribution in [0.1, 0.15) is 20.8 Å². The molecule has 0 aromatic rings. The first-order chi connectivity index (χ1) is 5.04. The zero-order chi connectivity index (χ0) is 8.85. The molecule has 0 saturated heterocycles. The van der Waals surface area contributed by atoms with Crippen molar-refractivity contribution in [2.75, 3.05) is 0 Å². The molecule has 0 N–H and O–H groups in total. The Bertz CT molecular complexity index is 188. The van der Waals surface area contributed by atoms with Crippen molar-refractivity contribution >= 4 is 5.97 Å². The molecule has 0 saturated carbocycles. The third kappa shape index (κ3) is 5.21. The highest BCUT2D eigenvalue weighted by molar-refractivity contribution is 5.86. The molecule has 0 amide bonds. The van der Waals surface area contributed by atoms with Gasteiger partial charge in [-0.2, -0.15) is 0 Å². The van der Waals surface area contributed by atoms with E-state index in [9.17, 15) is 4.79 Å². The molecule has 0 atom stereocenters. The van der Waals surface area contributed by atoms with E-state index >= 15 is 0 Å². The van der Waals surface area contributed by atoms with Crippen molar-refractivity contribution in [3.05, 3.63) is 24.0 Å². The van der Waals surface area contributed by atoms with Crippen LogP contribution in [0.25, 0.3) is 0 Å². The lowest BCUT2D eigenvalue weighted by Gasteiger charge is -1.98. The molecule has 0 spiro atoms. The topological polar surface area (TPSA) is 35.5 Å². The van der Waals surface area contributed by atoms with Crippen LogP contribution in [-0.2, 0) is 14.6 Å². The van der Waals surface area contributed by atoms with Crippen molar-refractivity contribution in [3.8, 4) is 0 Å². The lowest BCUT2D eigenvalue weighted by molar-refractivity contribution is -0.234. The van der Waals surface area contributed by atoms with E-state index < -0.39 is 5.97 Å². The fourth-order valence-electron chi connectivity index (χ4n) is 0.235. The predicted molar refractivity (Wildman–Crippen MR) is 41.4 cm³/mol. The van der Waals surface area contributed by atoms with Gasteiger partial charge in [0.1, 0.15) is 6.26 Å². The van der Waals surface area contributed by atoms with E-state index in [1.165, 1.54) is 6.26 Å². The second-order valence-corrected chi connectivity index (χ2v) is 2.44. The van der Waals surface area contributed by atoms with Crippen LogP contribution in [0.4, 0.5) is 0 Å². The van der Waals surface area contributed by atoms with Crippen molar-refractivity contribution in [3.63, 3.8) is 0 Å². The van der Waals surface area contributed by atoms with Gasteiger partial charge in [-0.05, 0) is 26.3 Å². The van der Waals surface area contributed by atoms with Crippen molar-refractivity contribution in [2.45, 2.75) is 20.8 Å². The molecular formula is C8H12O3. The SMILES string of the molecule is C=C(C)C(=O)OOC=C(C)C. The van der Waals surface area contributed by atoms with Crippen LogP contribution in [0.5, 0.6) is 0 Å². The molecule has 11 heavy (non-hydrogen) atoms. The first kappa shape index (κ1) is 9.75. The minimum Gasteiger partial charge on any atom is -0.295 e. The molecule has 0 aromatic carbocycles. The fraction of sp³-hybridized carbons (Fsp3) is 0.375. The van der Waals surface area contributed by atoms with Crippen LogP contribution in [-0.4, -0.2) is 5.97 Å². The summed E-state index contributed by atoms with van der Waals surface area (Å²) in [5.74, 6) is -0.553. The van der Waals surface area contributed by atoms with Crippen LogP contribution in [0.3, 0.4) is 0 Å². The second-order valence-electron chi connectivity index (χ2n) is 2.44. The van der Waals surface area contributed by atoms with Crippen molar-refractivity contribution < 1.29 is 14.6 Å². The van der Waals surface area contributed by atoms with Crippen LogP contribution in [0.2, 0.25) is 0 Å². The molecule has 3 nitrogen and oxygen atoms in total. The van der Waals surface area contributed by atoms with Crippen molar-refractivity contribution in [1.82, 2.24) is 0 Å². The normalized spacial score (nSPS) is 8.27. The van der Waals surface area contributed by atoms with Crippen LogP contribution in [0.15, 0.2) is 24.0 Å². The summed E-state index contributed by atoms with van der Waals surface area (Å²) in [5.41, 5.74) is 1.23. The Morgan fingerprint density at radius 1 is 1.36 bits per heavy atom. The first-order valence-corrected chi connectivity index (χ1v) is 3.20. The van der Waals surface area contributed by atoms with Crippen LogP contribution < -0.4 is 0 Å². The Morgan fingerprint density at radius 2 is 1.91 bits per heavy atom. The fourth-order valence-corrected chi connectivity index (χ4v) is 0.235. The molecule has 0 aliphatic heterocycles. The van der Waals surface area contributed by atoms with Gasteiger partial charge in [0.15, 0.2) is 0 Å². The quantitative estimate of drug-likeness (QED) is 0.271. The zero-order valence-electron chi connectivity index (χ0n) is 7.01. The molecule has 0 fully saturated rings. The zero-order valence-corrected chi connectivity index (χ0v) is 7.01. The van der Waals surface area contributed by atoms with Crippen molar-refractivity contribution in [2.24, 2.45) is 0 Å². The number of allylic oxidation sites excluding steroid dienone is 1. The molecule has 0 aromatic heterocycles. The van der Waals surface area contributed by atoms with Gasteiger partial charge in [0, 0.05) is 5.57 Å². The van der Waals surface area contributed by atoms with Gasteiger partial charge >= 0.3 is 5.97 Å². The molecule has 3 heteroatoms. The van der Waals surface area contributed by atoms with Gasteiger partial charge in [0.25, 0.3) is 0 Å². The molecule has 0 aliphatic rings. The summed E-state index contributed by atoms with van der Waals surface area (Å²) in [4.78, 5) is 19.4. The minimum atomic E-state index is -0.553. The smallest absolute Gasteiger partial charge is 0.295 e. The Balaban J connectivity index is 3.64. The van der Waals surface area contributed by atoms with Crippen molar-refractivity contribution in [1.29, 1.82) is 0 Å². The van der Waals surface area contributed by atoms with E-state index in [4.69, 9.17) is 0 Å². The Labute approximate surface area is 66.2 Å². The Hall–Kier alpha value is -1.25. The summed E-state index contributed by atoms with van der Waals surface area (Å²) >= 11 is 0. The first-order valence-electron chi connectivity index (χ1n) is 3.20. The van der Waals surface area contributed by atoms with Gasteiger partial charge < -0.3 is 0 Å². The van der Waals surface area contributed by atoms with E-state index in [1.807, 2.05) is 13.8 Å². The number of rotatable bonds is 3. The third-order valence-electron chi connectivity index (χ3n) is 0.756. The van der Waals surface area contributed by atoms with Gasteiger partial charge in [-0.25, -0.2) is 9.68 Å². The number of carbonyl (C=O) groups excluding carboxylic acids is 1. The Morgan fingerprint density at radius 3 is 2.27 bits per heavy atom. The van der Waals surface area contributed by atoms with E-state index in [0.717, 1.165) is 5.57 Å². The monoisotopic (exact) mass is 156 g/mol. The number of hydrogen-bond donors (Lipinski definition) is 0. The largest absolute Gasteiger partial charge is 0.381 e. The summed E-state index contributed by atoms with van der Waals surface area (Å²) < 4.78 is 0. The van der Waals surface area contributed by atoms with Crippen LogP contribution in [0, 0.1) is 0 Å². The highest BCUT2D eigenvalue weighted by atomic mass is 17.2. The molecule has 0 rings (SSSR count). The molecule has 0 radical (unpaired) electrons. The second kappa shape index (κ2) is 4.55. The maximum absolute atomic E-state index is 10.6. The van der Waals surface area contributed by atoms with E-state index in [-0.39, 0.29) is 0 Å². The van der Waals surface area contributed by atoms with E-state index in [2.05, 4.69) is 16.4 Å². The minimum absolute atomic E-state index is 0.312.